The summed E-state index contributed by atoms with van der Waals surface area (Å²) in [7, 11) is 0. The van der Waals surface area contributed by atoms with E-state index in [4.69, 9.17) is 0 Å². The summed E-state index contributed by atoms with van der Waals surface area (Å²) in [5, 5.41) is 20.8. The number of halogens is 1. The molecule has 0 saturated heterocycles. The summed E-state index contributed by atoms with van der Waals surface area (Å²) in [6.45, 7) is 5.65. The second-order valence-corrected chi connectivity index (χ2v) is 9.38. The van der Waals surface area contributed by atoms with Crippen LogP contribution in [0.2, 0.25) is 0 Å². The molecule has 4 nitrogen and oxygen atoms in total. The molecule has 142 valence electrons. The maximum absolute atomic E-state index is 16.7. The number of alkyl halides is 1. The minimum atomic E-state index is -1.87. The van der Waals surface area contributed by atoms with Crippen LogP contribution in [0, 0.1) is 34.5 Å². The zero-order chi connectivity index (χ0) is 19.1. The zero-order valence-corrected chi connectivity index (χ0v) is 15.5. The first-order valence-electron chi connectivity index (χ1n) is 9.59. The van der Waals surface area contributed by atoms with Crippen molar-refractivity contribution in [1.82, 2.24) is 0 Å². The van der Waals surface area contributed by atoms with Gasteiger partial charge in [-0.1, -0.05) is 25.5 Å². The van der Waals surface area contributed by atoms with Gasteiger partial charge in [-0.25, -0.2) is 4.39 Å². The average Bonchev–Trinajstić information content (AvgIpc) is 2.80. The van der Waals surface area contributed by atoms with Gasteiger partial charge in [-0.05, 0) is 62.0 Å². The Morgan fingerprint density at radius 3 is 2.65 bits per heavy atom. The number of aliphatic carboxylic acids is 1. The Labute approximate surface area is 153 Å². The quantitative estimate of drug-likeness (QED) is 0.750. The first-order chi connectivity index (χ1) is 12.1. The first kappa shape index (κ1) is 17.9. The lowest BCUT2D eigenvalue weighted by Gasteiger charge is -2.61. The van der Waals surface area contributed by atoms with Crippen molar-refractivity contribution in [3.05, 3.63) is 23.8 Å². The van der Waals surface area contributed by atoms with E-state index in [1.807, 2.05) is 13.8 Å². The zero-order valence-electron chi connectivity index (χ0n) is 15.5. The van der Waals surface area contributed by atoms with E-state index < -0.39 is 40.4 Å². The van der Waals surface area contributed by atoms with E-state index in [0.29, 0.717) is 19.3 Å². The Balaban J connectivity index is 1.82. The first-order valence-corrected chi connectivity index (χ1v) is 9.59. The molecule has 1 unspecified atom stereocenters. The molecule has 0 aromatic carbocycles. The van der Waals surface area contributed by atoms with Crippen LogP contribution in [0.1, 0.15) is 46.5 Å². The third kappa shape index (κ3) is 1.93. The number of aliphatic hydroxyl groups is 1. The number of ketones is 1. The lowest BCUT2D eigenvalue weighted by molar-refractivity contribution is -0.198. The second kappa shape index (κ2) is 5.28. The topological polar surface area (TPSA) is 74.6 Å². The molecular weight excluding hydrogens is 335 g/mol. The SMILES string of the molecule is C[C@@H]1C[C@H]2C3CCC4=CC(=O)C=C[C@]4(C)[C@@]3(F)[C@@H](O)C[C@]2(C)[C@H]1C(=O)O. The number of carboxylic acids is 1. The van der Waals surface area contributed by atoms with Crippen LogP contribution < -0.4 is 0 Å². The van der Waals surface area contributed by atoms with Crippen LogP contribution in [-0.4, -0.2) is 33.7 Å². The molecule has 0 heterocycles. The van der Waals surface area contributed by atoms with Crippen LogP contribution in [-0.2, 0) is 9.59 Å². The second-order valence-electron chi connectivity index (χ2n) is 9.38. The van der Waals surface area contributed by atoms with Crippen molar-refractivity contribution in [3.63, 3.8) is 0 Å². The van der Waals surface area contributed by atoms with Crippen LogP contribution >= 0.6 is 0 Å². The molecule has 0 aromatic rings. The van der Waals surface area contributed by atoms with Crippen molar-refractivity contribution >= 4 is 11.8 Å². The monoisotopic (exact) mass is 362 g/mol. The Morgan fingerprint density at radius 1 is 1.31 bits per heavy atom. The number of hydrogen-bond donors (Lipinski definition) is 2. The van der Waals surface area contributed by atoms with E-state index in [-0.39, 0.29) is 24.0 Å². The molecule has 3 saturated carbocycles. The fraction of sp³-hybridized carbons (Fsp3) is 0.714. The van der Waals surface area contributed by atoms with Crippen molar-refractivity contribution in [1.29, 1.82) is 0 Å². The summed E-state index contributed by atoms with van der Waals surface area (Å²) in [6, 6.07) is 0. The molecule has 4 rings (SSSR count). The van der Waals surface area contributed by atoms with Crippen molar-refractivity contribution in [2.45, 2.75) is 58.2 Å². The molecular formula is C21H27FO4. The highest BCUT2D eigenvalue weighted by Crippen LogP contribution is 2.69. The Kier molecular flexibility index (Phi) is 3.63. The van der Waals surface area contributed by atoms with Crippen LogP contribution in [0.4, 0.5) is 4.39 Å². The van der Waals surface area contributed by atoms with Crippen molar-refractivity contribution < 1.29 is 24.2 Å². The molecule has 3 fully saturated rings. The molecule has 26 heavy (non-hydrogen) atoms. The van der Waals surface area contributed by atoms with Crippen molar-refractivity contribution in [2.75, 3.05) is 0 Å². The molecule has 0 spiro atoms. The number of hydrogen-bond acceptors (Lipinski definition) is 3. The van der Waals surface area contributed by atoms with Gasteiger partial charge in [0.15, 0.2) is 11.5 Å². The molecule has 0 radical (unpaired) electrons. The van der Waals surface area contributed by atoms with Crippen molar-refractivity contribution in [3.8, 4) is 0 Å². The molecule has 0 amide bonds. The van der Waals surface area contributed by atoms with Crippen LogP contribution in [0.15, 0.2) is 23.8 Å². The van der Waals surface area contributed by atoms with E-state index in [9.17, 15) is 19.8 Å². The predicted molar refractivity (Wildman–Crippen MR) is 94.0 cm³/mol. The summed E-state index contributed by atoms with van der Waals surface area (Å²) in [5.74, 6) is -2.04. The maximum Gasteiger partial charge on any atom is 0.307 e. The number of allylic oxidation sites excluding steroid dienone is 4. The van der Waals surface area contributed by atoms with Gasteiger partial charge in [0.1, 0.15) is 0 Å². The summed E-state index contributed by atoms with van der Waals surface area (Å²) in [5.41, 5.74) is -2.72. The third-order valence-electron chi connectivity index (χ3n) is 8.25. The van der Waals surface area contributed by atoms with Gasteiger partial charge in [0.05, 0.1) is 12.0 Å². The molecule has 5 heteroatoms. The van der Waals surface area contributed by atoms with Crippen LogP contribution in [0.5, 0.6) is 0 Å². The van der Waals surface area contributed by atoms with E-state index in [1.54, 1.807) is 13.0 Å². The van der Waals surface area contributed by atoms with E-state index in [2.05, 4.69) is 0 Å². The van der Waals surface area contributed by atoms with Gasteiger partial charge in [-0.15, -0.1) is 0 Å². The number of carboxylic acid groups (broad SMARTS) is 1. The number of fused-ring (bicyclic) bond motifs is 5. The van der Waals surface area contributed by atoms with Gasteiger partial charge in [0.25, 0.3) is 0 Å². The van der Waals surface area contributed by atoms with Crippen LogP contribution in [0.25, 0.3) is 0 Å². The largest absolute Gasteiger partial charge is 0.481 e. The predicted octanol–water partition coefficient (Wildman–Crippen LogP) is 3.30. The lowest BCUT2D eigenvalue weighted by Crippen LogP contribution is -2.66. The smallest absolute Gasteiger partial charge is 0.307 e. The number of carbonyl (C=O) groups is 2. The normalized spacial score (nSPS) is 52.7. The number of carbonyl (C=O) groups excluding carboxylic acids is 1. The molecule has 4 aliphatic rings. The molecule has 8 atom stereocenters. The third-order valence-corrected chi connectivity index (χ3v) is 8.25. The summed E-state index contributed by atoms with van der Waals surface area (Å²) < 4.78 is 16.7. The highest BCUT2D eigenvalue weighted by Gasteiger charge is 2.71. The highest BCUT2D eigenvalue weighted by molar-refractivity contribution is 6.01. The average molecular weight is 362 g/mol. The Bertz CT molecular complexity index is 742. The van der Waals surface area contributed by atoms with Gasteiger partial charge in [-0.3, -0.25) is 9.59 Å². The molecule has 0 aromatic heterocycles. The summed E-state index contributed by atoms with van der Waals surface area (Å²) in [4.78, 5) is 23.7. The number of rotatable bonds is 1. The minimum Gasteiger partial charge on any atom is -0.481 e. The van der Waals surface area contributed by atoms with Gasteiger partial charge < -0.3 is 10.2 Å². The molecule has 0 bridgehead atoms. The van der Waals surface area contributed by atoms with E-state index >= 15 is 4.39 Å². The van der Waals surface area contributed by atoms with Crippen LogP contribution in [0.3, 0.4) is 0 Å². The Morgan fingerprint density at radius 2 is 2.00 bits per heavy atom. The fourth-order valence-electron chi connectivity index (χ4n) is 7.10. The van der Waals surface area contributed by atoms with Crippen molar-refractivity contribution in [2.24, 2.45) is 34.5 Å². The lowest BCUT2D eigenvalue weighted by atomic mass is 9.45. The number of aliphatic hydroxyl groups excluding tert-OH is 1. The van der Waals surface area contributed by atoms with E-state index in [1.165, 1.54) is 12.2 Å². The molecule has 2 N–H and O–H groups in total. The fourth-order valence-corrected chi connectivity index (χ4v) is 7.10. The molecule has 0 aliphatic heterocycles. The maximum atomic E-state index is 16.7. The standard InChI is InChI=1S/C21H27FO4/c1-11-8-15-14-5-4-12-9-13(23)6-7-20(12,3)21(14,22)16(24)10-19(15,2)17(11)18(25)26/h6-7,9,11,14-17,24H,4-5,8,10H2,1-3H3,(H,25,26)/t11-,14?,15+,16+,17-,19+,20+,21+/m1/s1. The van der Waals surface area contributed by atoms with Gasteiger partial charge in [-0.2, -0.15) is 0 Å². The van der Waals surface area contributed by atoms with Gasteiger partial charge >= 0.3 is 5.97 Å². The molecule has 4 aliphatic carbocycles. The van der Waals surface area contributed by atoms with E-state index in [0.717, 1.165) is 5.57 Å². The summed E-state index contributed by atoms with van der Waals surface area (Å²) >= 11 is 0. The van der Waals surface area contributed by atoms with Gasteiger partial charge in [0, 0.05) is 11.3 Å². The highest BCUT2D eigenvalue weighted by atomic mass is 19.1. The van der Waals surface area contributed by atoms with Gasteiger partial charge in [0.2, 0.25) is 0 Å². The Hall–Kier alpha value is -1.49. The summed E-state index contributed by atoms with van der Waals surface area (Å²) in [6.07, 6.45) is 5.32. The minimum absolute atomic E-state index is 0.0368.